The summed E-state index contributed by atoms with van der Waals surface area (Å²) in [6.45, 7) is 5.15. The Hall–Kier alpha value is -4.87. The molecule has 5 rings (SSSR count). The summed E-state index contributed by atoms with van der Waals surface area (Å²) in [7, 11) is 3.13. The van der Waals surface area contributed by atoms with Crippen molar-refractivity contribution in [2.75, 3.05) is 59.0 Å². The third kappa shape index (κ3) is 7.94. The quantitative estimate of drug-likeness (QED) is 0.147. The maximum absolute atomic E-state index is 11.4. The van der Waals surface area contributed by atoms with Gasteiger partial charge in [0.1, 0.15) is 18.8 Å². The number of nitrogens with one attached hydrogen (secondary N) is 1. The molecule has 1 saturated heterocycles. The lowest BCUT2D eigenvalue weighted by atomic mass is 10.1. The molecular weight excluding hydrogens is 564 g/mol. The largest absolute Gasteiger partial charge is 0.493 e. The van der Waals surface area contributed by atoms with Gasteiger partial charge in [0.25, 0.3) is 0 Å². The molecule has 1 fully saturated rings. The number of rotatable bonds is 14. The minimum absolute atomic E-state index is 0.323. The smallest absolute Gasteiger partial charge is 0.328 e. The van der Waals surface area contributed by atoms with Gasteiger partial charge in [0.2, 0.25) is 0 Å². The van der Waals surface area contributed by atoms with Crippen molar-refractivity contribution < 1.29 is 33.6 Å². The summed E-state index contributed by atoms with van der Waals surface area (Å²) < 4.78 is 28.9. The number of nitrogens with zero attached hydrogens (tertiary/aromatic N) is 3. The first-order valence-electron chi connectivity index (χ1n) is 14.4. The molecule has 1 aliphatic rings. The van der Waals surface area contributed by atoms with Gasteiger partial charge in [-0.2, -0.15) is 0 Å². The summed E-state index contributed by atoms with van der Waals surface area (Å²) in [5, 5.41) is 13.4. The molecule has 0 saturated carbocycles. The number of carboxylic acids is 1. The minimum atomic E-state index is -1.07. The van der Waals surface area contributed by atoms with Crippen LogP contribution in [0.4, 0.5) is 11.5 Å². The fourth-order valence-electron chi connectivity index (χ4n) is 4.85. The van der Waals surface area contributed by atoms with E-state index in [4.69, 9.17) is 23.7 Å². The molecule has 0 radical (unpaired) electrons. The monoisotopic (exact) mass is 600 g/mol. The van der Waals surface area contributed by atoms with Crippen LogP contribution in [0, 0.1) is 0 Å². The SMILES string of the molecule is COc1cc2ncnc(Nc3cc(OCc4ccccc4)c(OC)cc3/C=C/C(=O)O)c2cc1OCCCN1CCOCC1. The zero-order valence-electron chi connectivity index (χ0n) is 24.8. The van der Waals surface area contributed by atoms with Gasteiger partial charge in [0, 0.05) is 48.8 Å². The highest BCUT2D eigenvalue weighted by atomic mass is 16.5. The number of hydrogen-bond donors (Lipinski definition) is 2. The zero-order valence-corrected chi connectivity index (χ0v) is 24.8. The summed E-state index contributed by atoms with van der Waals surface area (Å²) in [6.07, 6.45) is 4.87. The third-order valence-corrected chi connectivity index (χ3v) is 7.13. The molecule has 2 heterocycles. The summed E-state index contributed by atoms with van der Waals surface area (Å²) in [4.78, 5) is 22.7. The number of benzene rings is 3. The predicted octanol–water partition coefficient (Wildman–Crippen LogP) is 5.17. The Morgan fingerprint density at radius 3 is 2.48 bits per heavy atom. The number of anilines is 2. The van der Waals surface area contributed by atoms with Crippen LogP contribution >= 0.6 is 0 Å². The molecule has 0 spiro atoms. The Kier molecular flexibility index (Phi) is 10.5. The molecule has 0 unspecified atom stereocenters. The van der Waals surface area contributed by atoms with Crippen molar-refractivity contribution >= 4 is 34.5 Å². The molecular formula is C33H36N4O7. The lowest BCUT2D eigenvalue weighted by molar-refractivity contribution is -0.131. The first-order chi connectivity index (χ1) is 21.5. The normalized spacial score (nSPS) is 13.6. The van der Waals surface area contributed by atoms with Gasteiger partial charge in [-0.1, -0.05) is 30.3 Å². The van der Waals surface area contributed by atoms with E-state index in [-0.39, 0.29) is 0 Å². The summed E-state index contributed by atoms with van der Waals surface area (Å²) >= 11 is 0. The second kappa shape index (κ2) is 15.0. The number of fused-ring (bicyclic) bond motifs is 1. The van der Waals surface area contributed by atoms with Crippen LogP contribution in [0.3, 0.4) is 0 Å². The number of carboxylic acid groups (broad SMARTS) is 1. The van der Waals surface area contributed by atoms with Crippen LogP contribution in [0.25, 0.3) is 17.0 Å². The first-order valence-corrected chi connectivity index (χ1v) is 14.4. The van der Waals surface area contributed by atoms with Crippen molar-refractivity contribution in [3.8, 4) is 23.0 Å². The number of aliphatic carboxylic acids is 1. The first kappa shape index (κ1) is 30.6. The second-order valence-electron chi connectivity index (χ2n) is 10.1. The number of morpholine rings is 1. The van der Waals surface area contributed by atoms with Gasteiger partial charge >= 0.3 is 5.97 Å². The fraction of sp³-hybridized carbons (Fsp3) is 0.303. The Bertz CT molecular complexity index is 1590. The van der Waals surface area contributed by atoms with Crippen LogP contribution in [0.2, 0.25) is 0 Å². The molecule has 3 aromatic carbocycles. The van der Waals surface area contributed by atoms with Crippen LogP contribution in [-0.4, -0.2) is 79.6 Å². The van der Waals surface area contributed by atoms with Crippen molar-refractivity contribution in [1.29, 1.82) is 0 Å². The standard InChI is InChI=1S/C33H36N4O7/c1-40-28-17-24(9-10-32(38)39)26(19-31(28)44-21-23-7-4-3-5-8-23)36-33-25-18-30(29(41-2)20-27(25)34-22-35-33)43-14-6-11-37-12-15-42-16-13-37/h3-5,7-10,17-20,22H,6,11-16,21H2,1-2H3,(H,38,39)(H,34,35,36)/b10-9+. The van der Waals surface area contributed by atoms with Crippen molar-refractivity contribution in [2.45, 2.75) is 13.0 Å². The van der Waals surface area contributed by atoms with Gasteiger partial charge in [-0.3, -0.25) is 4.90 Å². The minimum Gasteiger partial charge on any atom is -0.493 e. The van der Waals surface area contributed by atoms with E-state index in [2.05, 4.69) is 20.2 Å². The van der Waals surface area contributed by atoms with Crippen LogP contribution in [-0.2, 0) is 16.1 Å². The van der Waals surface area contributed by atoms with Crippen molar-refractivity contribution in [2.24, 2.45) is 0 Å². The Morgan fingerprint density at radius 1 is 0.977 bits per heavy atom. The molecule has 4 aromatic rings. The van der Waals surface area contributed by atoms with Gasteiger partial charge in [-0.15, -0.1) is 0 Å². The molecule has 11 heteroatoms. The van der Waals surface area contributed by atoms with Gasteiger partial charge in [0.05, 0.1) is 45.2 Å². The lowest BCUT2D eigenvalue weighted by Crippen LogP contribution is -2.37. The summed E-state index contributed by atoms with van der Waals surface area (Å²) in [5.74, 6) is 1.51. The van der Waals surface area contributed by atoms with Crippen molar-refractivity contribution in [3.05, 3.63) is 78.1 Å². The Morgan fingerprint density at radius 2 is 1.73 bits per heavy atom. The number of aromatic nitrogens is 2. The van der Waals surface area contributed by atoms with Crippen LogP contribution < -0.4 is 24.3 Å². The molecule has 230 valence electrons. The van der Waals surface area contributed by atoms with E-state index in [1.807, 2.05) is 42.5 Å². The fourth-order valence-corrected chi connectivity index (χ4v) is 4.85. The third-order valence-electron chi connectivity index (χ3n) is 7.13. The second-order valence-corrected chi connectivity index (χ2v) is 10.1. The number of carbonyl (C=O) groups is 1. The Labute approximate surface area is 256 Å². The number of hydrogen-bond acceptors (Lipinski definition) is 10. The van der Waals surface area contributed by atoms with E-state index in [9.17, 15) is 9.90 Å². The maximum atomic E-state index is 11.4. The van der Waals surface area contributed by atoms with Gasteiger partial charge < -0.3 is 34.1 Å². The zero-order chi connectivity index (χ0) is 30.7. The summed E-state index contributed by atoms with van der Waals surface area (Å²) in [6, 6.07) is 16.9. The van der Waals surface area contributed by atoms with Gasteiger partial charge in [0.15, 0.2) is 23.0 Å². The van der Waals surface area contributed by atoms with Crippen LogP contribution in [0.5, 0.6) is 23.0 Å². The van der Waals surface area contributed by atoms with Crippen molar-refractivity contribution in [1.82, 2.24) is 14.9 Å². The molecule has 1 aliphatic heterocycles. The highest BCUT2D eigenvalue weighted by Gasteiger charge is 2.16. The maximum Gasteiger partial charge on any atom is 0.328 e. The highest BCUT2D eigenvalue weighted by molar-refractivity contribution is 5.94. The average molecular weight is 601 g/mol. The average Bonchev–Trinajstić information content (AvgIpc) is 3.05. The van der Waals surface area contributed by atoms with Crippen LogP contribution in [0.15, 0.2) is 67.0 Å². The Balaban J connectivity index is 1.43. The van der Waals surface area contributed by atoms with E-state index in [0.29, 0.717) is 64.2 Å². The van der Waals surface area contributed by atoms with Gasteiger partial charge in [-0.05, 0) is 30.2 Å². The topological polar surface area (TPSA) is 125 Å². The lowest BCUT2D eigenvalue weighted by Gasteiger charge is -2.26. The molecule has 0 aliphatic carbocycles. The highest BCUT2D eigenvalue weighted by Crippen LogP contribution is 2.39. The van der Waals surface area contributed by atoms with E-state index in [1.165, 1.54) is 19.5 Å². The van der Waals surface area contributed by atoms with E-state index >= 15 is 0 Å². The van der Waals surface area contributed by atoms with E-state index in [0.717, 1.165) is 50.9 Å². The molecule has 2 N–H and O–H groups in total. The molecule has 0 bridgehead atoms. The molecule has 44 heavy (non-hydrogen) atoms. The van der Waals surface area contributed by atoms with Crippen LogP contribution in [0.1, 0.15) is 17.5 Å². The van der Waals surface area contributed by atoms with E-state index < -0.39 is 5.97 Å². The predicted molar refractivity (Wildman–Crippen MR) is 167 cm³/mol. The molecule has 0 amide bonds. The number of ether oxygens (including phenoxy) is 5. The molecule has 1 aromatic heterocycles. The number of methoxy groups -OCH3 is 2. The van der Waals surface area contributed by atoms with Gasteiger partial charge in [-0.25, -0.2) is 14.8 Å². The van der Waals surface area contributed by atoms with Crippen molar-refractivity contribution in [3.63, 3.8) is 0 Å². The van der Waals surface area contributed by atoms with E-state index in [1.54, 1.807) is 19.2 Å². The molecule has 11 nitrogen and oxygen atoms in total. The molecule has 0 atom stereocenters. The summed E-state index contributed by atoms with van der Waals surface area (Å²) in [5.41, 5.74) is 2.77.